The lowest BCUT2D eigenvalue weighted by molar-refractivity contribution is -0.161. The number of phosphoric acid groups is 1. The van der Waals surface area contributed by atoms with Crippen LogP contribution in [0.5, 0.6) is 0 Å². The van der Waals surface area contributed by atoms with Crippen LogP contribution in [-0.4, -0.2) is 41.0 Å². The minimum absolute atomic E-state index is 0.178. The minimum atomic E-state index is -4.70. The molecule has 0 aromatic rings. The number of hydrogen-bond acceptors (Lipinski definition) is 6. The topological polar surface area (TPSA) is 119 Å². The first kappa shape index (κ1) is 25.1. The van der Waals surface area contributed by atoms with Crippen molar-refractivity contribution in [2.75, 3.05) is 13.2 Å². The lowest BCUT2D eigenvalue weighted by atomic mass is 10.1. The fourth-order valence-corrected chi connectivity index (χ4v) is 2.48. The smallest absolute Gasteiger partial charge is 0.462 e. The van der Waals surface area contributed by atoms with Crippen LogP contribution >= 0.6 is 7.82 Å². The predicted molar refractivity (Wildman–Crippen MR) is 96.0 cm³/mol. The fraction of sp³-hybridized carbons (Fsp3) is 0.824. The number of ether oxygens (including phenoxy) is 2. The van der Waals surface area contributed by atoms with Gasteiger partial charge >= 0.3 is 19.8 Å². The zero-order valence-corrected chi connectivity index (χ0v) is 16.5. The number of hydrogen-bond donors (Lipinski definition) is 2. The molecule has 154 valence electrons. The van der Waals surface area contributed by atoms with Crippen LogP contribution < -0.4 is 0 Å². The number of phosphoric ester groups is 1. The molecular formula is C17H32O8P-. The van der Waals surface area contributed by atoms with Gasteiger partial charge in [-0.2, -0.15) is 6.42 Å². The van der Waals surface area contributed by atoms with E-state index in [-0.39, 0.29) is 19.4 Å². The number of carbonyl (C=O) groups excluding carboxylic acids is 2. The Kier molecular flexibility index (Phi) is 14.6. The van der Waals surface area contributed by atoms with Crippen LogP contribution in [0.25, 0.3) is 0 Å². The van der Waals surface area contributed by atoms with Crippen LogP contribution in [0.3, 0.4) is 0 Å². The highest BCUT2D eigenvalue weighted by Crippen LogP contribution is 2.35. The third-order valence-corrected chi connectivity index (χ3v) is 4.01. The van der Waals surface area contributed by atoms with E-state index in [1.807, 2.05) is 0 Å². The van der Waals surface area contributed by atoms with E-state index in [2.05, 4.69) is 18.4 Å². The van der Waals surface area contributed by atoms with Gasteiger partial charge in [-0.15, -0.1) is 0 Å². The molecule has 0 amide bonds. The Bertz CT molecular complexity index is 434. The first-order valence-electron chi connectivity index (χ1n) is 9.13. The normalized spacial score (nSPS) is 12.6. The molecule has 0 saturated heterocycles. The highest BCUT2D eigenvalue weighted by molar-refractivity contribution is 7.46. The molecule has 0 spiro atoms. The van der Waals surface area contributed by atoms with E-state index >= 15 is 0 Å². The zero-order chi connectivity index (χ0) is 19.8. The predicted octanol–water partition coefficient (Wildman–Crippen LogP) is 3.31. The minimum Gasteiger partial charge on any atom is -0.462 e. The zero-order valence-electron chi connectivity index (χ0n) is 15.6. The van der Waals surface area contributed by atoms with Crippen molar-refractivity contribution in [3.8, 4) is 0 Å². The summed E-state index contributed by atoms with van der Waals surface area (Å²) in [6, 6.07) is 0. The summed E-state index contributed by atoms with van der Waals surface area (Å²) in [7, 11) is -4.70. The van der Waals surface area contributed by atoms with Gasteiger partial charge in [-0.25, -0.2) is 4.57 Å². The van der Waals surface area contributed by atoms with Crippen molar-refractivity contribution < 1.29 is 37.9 Å². The second-order valence-corrected chi connectivity index (χ2v) is 7.30. The number of carbonyl (C=O) groups is 2. The van der Waals surface area contributed by atoms with Gasteiger partial charge in [-0.3, -0.25) is 14.1 Å². The molecule has 0 heterocycles. The van der Waals surface area contributed by atoms with Gasteiger partial charge in [0, 0.05) is 12.8 Å². The van der Waals surface area contributed by atoms with Crippen molar-refractivity contribution in [2.45, 2.75) is 77.2 Å². The van der Waals surface area contributed by atoms with Gasteiger partial charge < -0.3 is 26.2 Å². The van der Waals surface area contributed by atoms with E-state index in [1.54, 1.807) is 0 Å². The van der Waals surface area contributed by atoms with Crippen molar-refractivity contribution in [3.05, 3.63) is 6.92 Å². The van der Waals surface area contributed by atoms with Crippen molar-refractivity contribution in [2.24, 2.45) is 0 Å². The highest BCUT2D eigenvalue weighted by Gasteiger charge is 2.22. The fourth-order valence-electron chi connectivity index (χ4n) is 2.12. The summed E-state index contributed by atoms with van der Waals surface area (Å²) in [4.78, 5) is 41.0. The Morgan fingerprint density at radius 1 is 0.962 bits per heavy atom. The maximum absolute atomic E-state index is 11.8. The molecule has 2 N–H and O–H groups in total. The van der Waals surface area contributed by atoms with Crippen LogP contribution in [-0.2, 0) is 28.2 Å². The Labute approximate surface area is 155 Å². The summed E-state index contributed by atoms with van der Waals surface area (Å²) in [6.07, 6.45) is 6.30. The van der Waals surface area contributed by atoms with E-state index in [0.717, 1.165) is 38.5 Å². The summed E-state index contributed by atoms with van der Waals surface area (Å²) in [6.45, 7) is 4.94. The van der Waals surface area contributed by atoms with E-state index in [4.69, 9.17) is 19.3 Å². The van der Waals surface area contributed by atoms with Crippen molar-refractivity contribution >= 4 is 19.8 Å². The number of esters is 2. The lowest BCUT2D eigenvalue weighted by Crippen LogP contribution is -2.29. The van der Waals surface area contributed by atoms with Crippen molar-refractivity contribution in [1.82, 2.24) is 0 Å². The van der Waals surface area contributed by atoms with Gasteiger partial charge in [0.15, 0.2) is 6.10 Å². The van der Waals surface area contributed by atoms with E-state index in [1.165, 1.54) is 0 Å². The molecule has 0 aromatic carbocycles. The highest BCUT2D eigenvalue weighted by atomic mass is 31.2. The second-order valence-electron chi connectivity index (χ2n) is 6.06. The molecule has 0 unspecified atom stereocenters. The molecule has 9 heteroatoms. The van der Waals surface area contributed by atoms with E-state index in [9.17, 15) is 14.2 Å². The van der Waals surface area contributed by atoms with E-state index in [0.29, 0.717) is 12.8 Å². The Balaban J connectivity index is 4.30. The third-order valence-electron chi connectivity index (χ3n) is 3.52. The molecular weight excluding hydrogens is 363 g/mol. The van der Waals surface area contributed by atoms with Gasteiger partial charge in [0.25, 0.3) is 0 Å². The van der Waals surface area contributed by atoms with Gasteiger partial charge in [-0.05, 0) is 12.8 Å². The summed E-state index contributed by atoms with van der Waals surface area (Å²) in [5, 5.41) is 0. The lowest BCUT2D eigenvalue weighted by Gasteiger charge is -2.18. The van der Waals surface area contributed by atoms with Crippen molar-refractivity contribution in [3.63, 3.8) is 0 Å². The summed E-state index contributed by atoms with van der Waals surface area (Å²) >= 11 is 0. The quantitative estimate of drug-likeness (QED) is 0.177. The molecule has 0 bridgehead atoms. The molecule has 1 atom stereocenters. The van der Waals surface area contributed by atoms with Gasteiger partial charge in [0.2, 0.25) is 0 Å². The maximum Gasteiger partial charge on any atom is 0.469 e. The Hall–Kier alpha value is -0.950. The summed E-state index contributed by atoms with van der Waals surface area (Å²) in [5.41, 5.74) is 0. The van der Waals surface area contributed by atoms with Crippen LogP contribution in [0, 0.1) is 6.92 Å². The molecule has 0 saturated carbocycles. The Morgan fingerprint density at radius 3 is 2.15 bits per heavy atom. The number of unbranched alkanes of at least 4 members (excludes halogenated alkanes) is 6. The van der Waals surface area contributed by atoms with Gasteiger partial charge in [0.1, 0.15) is 6.61 Å². The largest absolute Gasteiger partial charge is 0.469 e. The SMILES string of the molecule is [CH2-]CCCCCC(=O)O[C@H](COC(=O)CCCCCC)COP(=O)(O)O. The van der Waals surface area contributed by atoms with Crippen LogP contribution in [0.4, 0.5) is 0 Å². The van der Waals surface area contributed by atoms with Gasteiger partial charge in [0.05, 0.1) is 6.61 Å². The summed E-state index contributed by atoms with van der Waals surface area (Å²) < 4.78 is 25.4. The Morgan fingerprint density at radius 2 is 1.58 bits per heavy atom. The molecule has 0 fully saturated rings. The first-order valence-corrected chi connectivity index (χ1v) is 10.7. The summed E-state index contributed by atoms with van der Waals surface area (Å²) in [5.74, 6) is -0.957. The van der Waals surface area contributed by atoms with Crippen LogP contribution in [0.1, 0.15) is 71.1 Å². The van der Waals surface area contributed by atoms with Crippen LogP contribution in [0.2, 0.25) is 0 Å². The van der Waals surface area contributed by atoms with Gasteiger partial charge in [-0.1, -0.05) is 39.0 Å². The maximum atomic E-state index is 11.8. The molecule has 0 rings (SSSR count). The standard InChI is InChI=1S/C17H32O8P/c1-3-5-7-9-11-16(18)23-13-15(14-24-26(20,21)22)25-17(19)12-10-8-6-4-2/h15H,2-14H2,1H3,(H2,20,21,22)/q-1/t15-/m1/s1. The average molecular weight is 395 g/mol. The average Bonchev–Trinajstić information content (AvgIpc) is 2.57. The van der Waals surface area contributed by atoms with Crippen molar-refractivity contribution in [1.29, 1.82) is 0 Å². The first-order chi connectivity index (χ1) is 12.3. The number of rotatable bonds is 16. The molecule has 0 aliphatic carbocycles. The molecule has 8 nitrogen and oxygen atoms in total. The third kappa shape index (κ3) is 16.5. The molecule has 0 aromatic heterocycles. The monoisotopic (exact) mass is 395 g/mol. The second kappa shape index (κ2) is 15.1. The van der Waals surface area contributed by atoms with E-state index < -0.39 is 32.5 Å². The molecule has 0 radical (unpaired) electrons. The van der Waals surface area contributed by atoms with Crippen LogP contribution in [0.15, 0.2) is 0 Å². The molecule has 0 aliphatic rings. The molecule has 0 aliphatic heterocycles. The molecule has 26 heavy (non-hydrogen) atoms.